The van der Waals surface area contributed by atoms with Crippen molar-refractivity contribution >= 4 is 8.07 Å². The third-order valence-electron chi connectivity index (χ3n) is 3.33. The Morgan fingerprint density at radius 3 is 2.46 bits per heavy atom. The summed E-state index contributed by atoms with van der Waals surface area (Å²) in [6.45, 7) is 13.9. The number of rotatable bonds is 4. The van der Waals surface area contributed by atoms with Gasteiger partial charge in [-0.2, -0.15) is 0 Å². The SMILES string of the molecule is CCCCN1CCC([Si](C)(C)C)C1. The predicted octanol–water partition coefficient (Wildman–Crippen LogP) is 3.20. The highest BCUT2D eigenvalue weighted by Crippen LogP contribution is 2.31. The maximum Gasteiger partial charge on any atom is 0.0487 e. The molecular weight excluding hydrogens is 174 g/mol. The van der Waals surface area contributed by atoms with E-state index in [0.29, 0.717) is 0 Å². The lowest BCUT2D eigenvalue weighted by Gasteiger charge is -2.25. The molecule has 1 aliphatic rings. The minimum atomic E-state index is -0.847. The van der Waals surface area contributed by atoms with Crippen LogP contribution in [0.4, 0.5) is 0 Å². The fourth-order valence-corrected chi connectivity index (χ4v) is 3.93. The second kappa shape index (κ2) is 4.60. The summed E-state index contributed by atoms with van der Waals surface area (Å²) in [5, 5.41) is 0. The van der Waals surface area contributed by atoms with Crippen LogP contribution >= 0.6 is 0 Å². The van der Waals surface area contributed by atoms with Gasteiger partial charge in [-0.25, -0.2) is 0 Å². The Balaban J connectivity index is 2.28. The molecule has 78 valence electrons. The predicted molar refractivity (Wildman–Crippen MR) is 63.1 cm³/mol. The van der Waals surface area contributed by atoms with Crippen LogP contribution < -0.4 is 0 Å². The fraction of sp³-hybridized carbons (Fsp3) is 1.00. The molecule has 2 heteroatoms. The van der Waals surface area contributed by atoms with Crippen molar-refractivity contribution in [2.24, 2.45) is 0 Å². The van der Waals surface area contributed by atoms with E-state index in [1.807, 2.05) is 0 Å². The quantitative estimate of drug-likeness (QED) is 0.629. The molecule has 0 bridgehead atoms. The second-order valence-corrected chi connectivity index (χ2v) is 11.1. The molecule has 0 N–H and O–H groups in total. The van der Waals surface area contributed by atoms with Crippen molar-refractivity contribution in [2.75, 3.05) is 19.6 Å². The highest BCUT2D eigenvalue weighted by Gasteiger charge is 2.32. The van der Waals surface area contributed by atoms with E-state index < -0.39 is 8.07 Å². The van der Waals surface area contributed by atoms with Crippen molar-refractivity contribution < 1.29 is 0 Å². The van der Waals surface area contributed by atoms with Gasteiger partial charge in [-0.1, -0.05) is 33.0 Å². The Hall–Kier alpha value is 0.177. The second-order valence-electron chi connectivity index (χ2n) is 5.51. The molecule has 0 aromatic heterocycles. The number of hydrogen-bond acceptors (Lipinski definition) is 1. The summed E-state index contributed by atoms with van der Waals surface area (Å²) in [6.07, 6.45) is 4.20. The lowest BCUT2D eigenvalue weighted by molar-refractivity contribution is 0.332. The van der Waals surface area contributed by atoms with Gasteiger partial charge < -0.3 is 4.90 Å². The van der Waals surface area contributed by atoms with Crippen molar-refractivity contribution in [3.8, 4) is 0 Å². The van der Waals surface area contributed by atoms with Crippen LogP contribution in [0.5, 0.6) is 0 Å². The first kappa shape index (κ1) is 11.3. The molecule has 0 saturated carbocycles. The van der Waals surface area contributed by atoms with Crippen LogP contribution in [0.2, 0.25) is 25.2 Å². The number of nitrogens with zero attached hydrogens (tertiary/aromatic N) is 1. The van der Waals surface area contributed by atoms with E-state index in [2.05, 4.69) is 31.5 Å². The van der Waals surface area contributed by atoms with Crippen molar-refractivity contribution in [1.82, 2.24) is 4.90 Å². The topological polar surface area (TPSA) is 3.24 Å². The molecule has 1 nitrogen and oxygen atoms in total. The van der Waals surface area contributed by atoms with E-state index in [-0.39, 0.29) is 0 Å². The van der Waals surface area contributed by atoms with Crippen LogP contribution in [-0.2, 0) is 0 Å². The molecule has 0 aromatic carbocycles. The zero-order valence-corrected chi connectivity index (χ0v) is 10.8. The van der Waals surface area contributed by atoms with Crippen LogP contribution in [-0.4, -0.2) is 32.6 Å². The first-order valence-corrected chi connectivity index (χ1v) is 9.34. The summed E-state index contributed by atoms with van der Waals surface area (Å²) in [5.74, 6) is 0. The summed E-state index contributed by atoms with van der Waals surface area (Å²) in [6, 6.07) is 0. The summed E-state index contributed by atoms with van der Waals surface area (Å²) in [4.78, 5) is 2.67. The summed E-state index contributed by atoms with van der Waals surface area (Å²) < 4.78 is 0. The normalized spacial score (nSPS) is 25.4. The molecule has 0 aliphatic carbocycles. The van der Waals surface area contributed by atoms with Crippen molar-refractivity contribution in [2.45, 2.75) is 51.4 Å². The van der Waals surface area contributed by atoms with Gasteiger partial charge in [0.05, 0.1) is 0 Å². The molecule has 1 saturated heterocycles. The van der Waals surface area contributed by atoms with Crippen LogP contribution in [0, 0.1) is 0 Å². The molecule has 0 amide bonds. The minimum absolute atomic E-state index is 0.847. The largest absolute Gasteiger partial charge is 0.303 e. The van der Waals surface area contributed by atoms with E-state index in [1.54, 1.807) is 0 Å². The van der Waals surface area contributed by atoms with Gasteiger partial charge in [0.15, 0.2) is 0 Å². The van der Waals surface area contributed by atoms with Gasteiger partial charge in [-0.3, -0.25) is 0 Å². The molecule has 1 atom stereocenters. The average molecular weight is 199 g/mol. The Morgan fingerprint density at radius 1 is 1.31 bits per heavy atom. The van der Waals surface area contributed by atoms with Gasteiger partial charge in [0.2, 0.25) is 0 Å². The van der Waals surface area contributed by atoms with E-state index in [4.69, 9.17) is 0 Å². The lowest BCUT2D eigenvalue weighted by atomic mass is 10.3. The first-order valence-electron chi connectivity index (χ1n) is 5.76. The lowest BCUT2D eigenvalue weighted by Crippen LogP contribution is -2.31. The van der Waals surface area contributed by atoms with Gasteiger partial charge in [0.25, 0.3) is 0 Å². The zero-order valence-electron chi connectivity index (χ0n) is 9.77. The van der Waals surface area contributed by atoms with Crippen LogP contribution in [0.3, 0.4) is 0 Å². The molecule has 13 heavy (non-hydrogen) atoms. The molecule has 0 radical (unpaired) electrons. The number of hydrogen-bond donors (Lipinski definition) is 0. The molecule has 0 spiro atoms. The highest BCUT2D eigenvalue weighted by molar-refractivity contribution is 6.77. The van der Waals surface area contributed by atoms with Crippen LogP contribution in [0.15, 0.2) is 0 Å². The molecule has 1 heterocycles. The van der Waals surface area contributed by atoms with E-state index in [0.717, 1.165) is 5.54 Å². The summed E-state index contributed by atoms with van der Waals surface area (Å²) in [7, 11) is -0.847. The Bertz CT molecular complexity index is 151. The monoisotopic (exact) mass is 199 g/mol. The van der Waals surface area contributed by atoms with E-state index in [9.17, 15) is 0 Å². The standard InChI is InChI=1S/C11H25NSi/c1-5-6-8-12-9-7-11(10-12)13(2,3)4/h11H,5-10H2,1-4H3. The molecule has 1 aliphatic heterocycles. The van der Waals surface area contributed by atoms with Crippen LogP contribution in [0.25, 0.3) is 0 Å². The smallest absolute Gasteiger partial charge is 0.0487 e. The van der Waals surface area contributed by atoms with Crippen molar-refractivity contribution in [3.05, 3.63) is 0 Å². The van der Waals surface area contributed by atoms with Gasteiger partial charge >= 0.3 is 0 Å². The van der Waals surface area contributed by atoms with Gasteiger partial charge in [0, 0.05) is 8.07 Å². The van der Waals surface area contributed by atoms with Gasteiger partial charge in [-0.05, 0) is 38.0 Å². The third kappa shape index (κ3) is 3.43. The Morgan fingerprint density at radius 2 is 2.00 bits per heavy atom. The third-order valence-corrected chi connectivity index (χ3v) is 6.25. The van der Waals surface area contributed by atoms with Gasteiger partial charge in [-0.15, -0.1) is 0 Å². The molecule has 1 rings (SSSR count). The molecular formula is C11H25NSi. The Kier molecular flexibility index (Phi) is 3.99. The van der Waals surface area contributed by atoms with Crippen LogP contribution in [0.1, 0.15) is 26.2 Å². The minimum Gasteiger partial charge on any atom is -0.303 e. The number of likely N-dealkylation sites (tertiary alicyclic amines) is 1. The summed E-state index contributed by atoms with van der Waals surface area (Å²) >= 11 is 0. The fourth-order valence-electron chi connectivity index (χ4n) is 2.12. The maximum absolute atomic E-state index is 2.67. The average Bonchev–Trinajstić information content (AvgIpc) is 2.47. The highest BCUT2D eigenvalue weighted by atomic mass is 28.3. The van der Waals surface area contributed by atoms with Gasteiger partial charge in [0.1, 0.15) is 0 Å². The van der Waals surface area contributed by atoms with Crippen molar-refractivity contribution in [1.29, 1.82) is 0 Å². The molecule has 0 aromatic rings. The summed E-state index contributed by atoms with van der Waals surface area (Å²) in [5.41, 5.74) is 1.06. The Labute approximate surface area is 84.5 Å². The van der Waals surface area contributed by atoms with E-state index in [1.165, 1.54) is 38.9 Å². The van der Waals surface area contributed by atoms with Crippen molar-refractivity contribution in [3.63, 3.8) is 0 Å². The molecule has 1 fully saturated rings. The first-order chi connectivity index (χ1) is 6.04. The zero-order chi connectivity index (χ0) is 9.90. The maximum atomic E-state index is 2.67. The van der Waals surface area contributed by atoms with E-state index >= 15 is 0 Å². The number of unbranched alkanes of at least 4 members (excludes halogenated alkanes) is 1. The molecule has 1 unspecified atom stereocenters.